The summed E-state index contributed by atoms with van der Waals surface area (Å²) in [4.78, 5) is 0. The summed E-state index contributed by atoms with van der Waals surface area (Å²) in [5, 5.41) is 13.5. The maximum Gasteiger partial charge on any atom is 0.142 e. The fourth-order valence-electron chi connectivity index (χ4n) is 1.47. The number of para-hydroxylation sites is 1. The van der Waals surface area contributed by atoms with Crippen molar-refractivity contribution >= 4 is 11.6 Å². The number of ether oxygens (including phenoxy) is 1. The van der Waals surface area contributed by atoms with E-state index in [0.29, 0.717) is 17.3 Å². The topological polar surface area (TPSA) is 41.5 Å². The smallest absolute Gasteiger partial charge is 0.142 e. The van der Waals surface area contributed by atoms with Gasteiger partial charge in [-0.25, -0.2) is 0 Å². The molecule has 0 fully saturated rings. The van der Waals surface area contributed by atoms with Crippen LogP contribution < -0.4 is 10.1 Å². The van der Waals surface area contributed by atoms with Gasteiger partial charge in [0.15, 0.2) is 0 Å². The van der Waals surface area contributed by atoms with Gasteiger partial charge in [0.05, 0.1) is 11.1 Å². The van der Waals surface area contributed by atoms with Gasteiger partial charge in [0.2, 0.25) is 0 Å². The Morgan fingerprint density at radius 2 is 1.95 bits per heavy atom. The Labute approximate surface area is 120 Å². The second-order valence-electron chi connectivity index (χ2n) is 5.90. The van der Waals surface area contributed by atoms with Gasteiger partial charge >= 0.3 is 0 Å². The lowest BCUT2D eigenvalue weighted by atomic mass is 10.1. The predicted molar refractivity (Wildman–Crippen MR) is 79.8 cm³/mol. The Kier molecular flexibility index (Phi) is 5.65. The van der Waals surface area contributed by atoms with Gasteiger partial charge in [-0.1, -0.05) is 23.7 Å². The third kappa shape index (κ3) is 5.39. The number of hydrogen-bond donors (Lipinski definition) is 2. The number of nitrogens with one attached hydrogen (secondary N) is 1. The van der Waals surface area contributed by atoms with Gasteiger partial charge in [-0.15, -0.1) is 0 Å². The van der Waals surface area contributed by atoms with Crippen molar-refractivity contribution in [2.24, 2.45) is 0 Å². The van der Waals surface area contributed by atoms with Crippen LogP contribution in [0.2, 0.25) is 5.02 Å². The van der Waals surface area contributed by atoms with Crippen molar-refractivity contribution in [3.63, 3.8) is 0 Å². The molecular weight excluding hydrogens is 262 g/mol. The minimum atomic E-state index is -0.542. The number of aliphatic hydroxyl groups is 1. The molecule has 1 rings (SSSR count). The van der Waals surface area contributed by atoms with Gasteiger partial charge < -0.3 is 15.2 Å². The quantitative estimate of drug-likeness (QED) is 0.871. The molecule has 19 heavy (non-hydrogen) atoms. The maximum absolute atomic E-state index is 9.54. The van der Waals surface area contributed by atoms with Crippen LogP contribution in [0.5, 0.6) is 5.75 Å². The Morgan fingerprint density at radius 1 is 1.32 bits per heavy atom. The highest BCUT2D eigenvalue weighted by molar-refractivity contribution is 6.32. The van der Waals surface area contributed by atoms with Crippen LogP contribution in [0.3, 0.4) is 0 Å². The number of benzene rings is 1. The fourth-order valence-corrected chi connectivity index (χ4v) is 1.71. The largest absolute Gasteiger partial charge is 0.486 e. The summed E-state index contributed by atoms with van der Waals surface area (Å²) in [5.41, 5.74) is 1.02. The Balaban J connectivity index is 2.89. The van der Waals surface area contributed by atoms with Crippen LogP contribution in [0.25, 0.3) is 0 Å². The standard InChI is InChI=1S/C15H24ClNO2/c1-10(18)11(2)19-14-12(7-6-8-13(14)16)9-17-15(3,4)5/h6-8,10-11,17-18H,9H2,1-5H3. The second kappa shape index (κ2) is 6.60. The van der Waals surface area contributed by atoms with E-state index < -0.39 is 6.10 Å². The van der Waals surface area contributed by atoms with Crippen molar-refractivity contribution in [2.75, 3.05) is 0 Å². The van der Waals surface area contributed by atoms with E-state index in [1.807, 2.05) is 19.1 Å². The average molecular weight is 286 g/mol. The minimum absolute atomic E-state index is 0.0233. The van der Waals surface area contributed by atoms with Gasteiger partial charge in [-0.05, 0) is 40.7 Å². The molecule has 0 spiro atoms. The zero-order chi connectivity index (χ0) is 14.6. The fraction of sp³-hybridized carbons (Fsp3) is 0.600. The monoisotopic (exact) mass is 285 g/mol. The molecule has 0 saturated carbocycles. The van der Waals surface area contributed by atoms with E-state index in [0.717, 1.165) is 5.56 Å². The molecule has 4 heteroatoms. The van der Waals surface area contributed by atoms with Crippen molar-refractivity contribution in [3.8, 4) is 5.75 Å². The first kappa shape index (κ1) is 16.3. The first-order chi connectivity index (χ1) is 8.70. The number of halogens is 1. The second-order valence-corrected chi connectivity index (χ2v) is 6.30. The number of aliphatic hydroxyl groups excluding tert-OH is 1. The molecule has 2 atom stereocenters. The summed E-state index contributed by atoms with van der Waals surface area (Å²) >= 11 is 6.19. The molecule has 0 saturated heterocycles. The summed E-state index contributed by atoms with van der Waals surface area (Å²) in [6.45, 7) is 10.5. The Bertz CT molecular complexity index is 413. The highest BCUT2D eigenvalue weighted by Crippen LogP contribution is 2.30. The van der Waals surface area contributed by atoms with Crippen LogP contribution in [0, 0.1) is 0 Å². The molecule has 2 unspecified atom stereocenters. The predicted octanol–water partition coefficient (Wildman–Crippen LogP) is 3.38. The summed E-state index contributed by atoms with van der Waals surface area (Å²) in [6.07, 6.45) is -0.840. The molecule has 0 aliphatic carbocycles. The highest BCUT2D eigenvalue weighted by atomic mass is 35.5. The van der Waals surface area contributed by atoms with Crippen molar-refractivity contribution in [2.45, 2.75) is 58.9 Å². The van der Waals surface area contributed by atoms with Crippen molar-refractivity contribution in [1.29, 1.82) is 0 Å². The maximum atomic E-state index is 9.54. The minimum Gasteiger partial charge on any atom is -0.486 e. The van der Waals surface area contributed by atoms with Crippen LogP contribution in [-0.2, 0) is 6.54 Å². The van der Waals surface area contributed by atoms with Gasteiger partial charge in [-0.2, -0.15) is 0 Å². The summed E-state index contributed by atoms with van der Waals surface area (Å²) < 4.78 is 5.78. The van der Waals surface area contributed by atoms with E-state index in [2.05, 4.69) is 26.1 Å². The summed E-state index contributed by atoms with van der Waals surface area (Å²) in [7, 11) is 0. The first-order valence-electron chi connectivity index (χ1n) is 6.58. The molecule has 2 N–H and O–H groups in total. The molecule has 0 aromatic heterocycles. The zero-order valence-electron chi connectivity index (χ0n) is 12.3. The first-order valence-corrected chi connectivity index (χ1v) is 6.95. The zero-order valence-corrected chi connectivity index (χ0v) is 13.1. The van der Waals surface area contributed by atoms with Crippen molar-refractivity contribution < 1.29 is 9.84 Å². The lowest BCUT2D eigenvalue weighted by Crippen LogP contribution is -2.35. The lowest BCUT2D eigenvalue weighted by Gasteiger charge is -2.24. The van der Waals surface area contributed by atoms with E-state index in [4.69, 9.17) is 16.3 Å². The molecule has 0 aliphatic heterocycles. The van der Waals surface area contributed by atoms with E-state index >= 15 is 0 Å². The highest BCUT2D eigenvalue weighted by Gasteiger charge is 2.17. The molecule has 0 heterocycles. The van der Waals surface area contributed by atoms with Gasteiger partial charge in [0.1, 0.15) is 11.9 Å². The third-order valence-corrected chi connectivity index (χ3v) is 3.14. The van der Waals surface area contributed by atoms with E-state index in [1.54, 1.807) is 13.0 Å². The Morgan fingerprint density at radius 3 is 2.47 bits per heavy atom. The lowest BCUT2D eigenvalue weighted by molar-refractivity contribution is 0.0597. The molecule has 108 valence electrons. The van der Waals surface area contributed by atoms with Gasteiger partial charge in [-0.3, -0.25) is 0 Å². The van der Waals surface area contributed by atoms with Crippen LogP contribution in [0.4, 0.5) is 0 Å². The average Bonchev–Trinajstić information content (AvgIpc) is 2.28. The van der Waals surface area contributed by atoms with E-state index in [1.165, 1.54) is 0 Å². The molecule has 0 amide bonds. The molecular formula is C15H24ClNO2. The van der Waals surface area contributed by atoms with Gasteiger partial charge in [0, 0.05) is 17.6 Å². The van der Waals surface area contributed by atoms with Crippen LogP contribution in [0.1, 0.15) is 40.2 Å². The molecule has 1 aromatic rings. The van der Waals surface area contributed by atoms with Crippen LogP contribution >= 0.6 is 11.6 Å². The number of hydrogen-bond acceptors (Lipinski definition) is 3. The molecule has 0 bridgehead atoms. The van der Waals surface area contributed by atoms with Gasteiger partial charge in [0.25, 0.3) is 0 Å². The Hall–Kier alpha value is -0.770. The summed E-state index contributed by atoms with van der Waals surface area (Å²) in [5.74, 6) is 0.648. The SMILES string of the molecule is CC(O)C(C)Oc1c(Cl)cccc1CNC(C)(C)C. The molecule has 0 radical (unpaired) electrons. The van der Waals surface area contributed by atoms with E-state index in [-0.39, 0.29) is 11.6 Å². The van der Waals surface area contributed by atoms with Crippen molar-refractivity contribution in [3.05, 3.63) is 28.8 Å². The number of rotatable bonds is 5. The van der Waals surface area contributed by atoms with Crippen LogP contribution in [0.15, 0.2) is 18.2 Å². The van der Waals surface area contributed by atoms with E-state index in [9.17, 15) is 5.11 Å². The molecule has 3 nitrogen and oxygen atoms in total. The summed E-state index contributed by atoms with van der Waals surface area (Å²) in [6, 6.07) is 5.68. The van der Waals surface area contributed by atoms with Crippen molar-refractivity contribution in [1.82, 2.24) is 5.32 Å². The molecule has 0 aliphatic rings. The van der Waals surface area contributed by atoms with Crippen LogP contribution in [-0.4, -0.2) is 22.9 Å². The molecule has 1 aromatic carbocycles. The third-order valence-electron chi connectivity index (χ3n) is 2.84. The normalized spacial score (nSPS) is 15.1.